The third-order valence-corrected chi connectivity index (χ3v) is 4.73. The van der Waals surface area contributed by atoms with Gasteiger partial charge in [0, 0.05) is 32.0 Å². The van der Waals surface area contributed by atoms with Gasteiger partial charge in [-0.1, -0.05) is 19.8 Å². The van der Waals surface area contributed by atoms with Crippen LogP contribution in [0.15, 0.2) is 28.3 Å². The SMILES string of the molecule is CCCC/C(C=NCCCCCCOc1ccc2c(c1)CC(OC)N2)=N/N. The number of methoxy groups -OCH3 is 1. The van der Waals surface area contributed by atoms with Gasteiger partial charge in [0.1, 0.15) is 12.0 Å². The average Bonchev–Trinajstić information content (AvgIpc) is 3.11. The molecule has 0 fully saturated rings. The van der Waals surface area contributed by atoms with Crippen LogP contribution in [0.25, 0.3) is 0 Å². The Morgan fingerprint density at radius 3 is 2.89 bits per heavy atom. The lowest BCUT2D eigenvalue weighted by molar-refractivity contribution is 0.132. The minimum Gasteiger partial charge on any atom is -0.494 e. The summed E-state index contributed by atoms with van der Waals surface area (Å²) in [6, 6.07) is 6.21. The summed E-state index contributed by atoms with van der Waals surface area (Å²) < 4.78 is 11.2. The molecule has 1 heterocycles. The monoisotopic (exact) mass is 374 g/mol. The van der Waals surface area contributed by atoms with E-state index in [1.807, 2.05) is 12.3 Å². The summed E-state index contributed by atoms with van der Waals surface area (Å²) in [4.78, 5) is 4.42. The first-order chi connectivity index (χ1) is 13.3. The van der Waals surface area contributed by atoms with E-state index in [2.05, 4.69) is 34.5 Å². The molecule has 0 bridgehead atoms. The molecule has 6 heteroatoms. The molecule has 6 nitrogen and oxygen atoms in total. The second-order valence-electron chi connectivity index (χ2n) is 6.91. The van der Waals surface area contributed by atoms with Gasteiger partial charge in [-0.25, -0.2) is 0 Å². The van der Waals surface area contributed by atoms with Crippen LogP contribution in [-0.4, -0.2) is 38.4 Å². The van der Waals surface area contributed by atoms with E-state index in [4.69, 9.17) is 15.3 Å². The topological polar surface area (TPSA) is 81.2 Å². The fourth-order valence-electron chi connectivity index (χ4n) is 3.08. The van der Waals surface area contributed by atoms with Crippen molar-refractivity contribution in [2.75, 3.05) is 25.6 Å². The molecular weight excluding hydrogens is 340 g/mol. The standard InChI is InChI=1S/C21H34N4O2/c1-3-4-9-18(25-22)16-23-12-7-5-6-8-13-27-19-10-11-20-17(14-19)15-21(24-20)26-2/h10-11,14,16,21,24H,3-9,12-13,15,22H2,1-2H3/b23-16?,25-18-. The second kappa shape index (κ2) is 12.3. The summed E-state index contributed by atoms with van der Waals surface area (Å²) in [5, 5.41) is 7.11. The highest BCUT2D eigenvalue weighted by atomic mass is 16.5. The molecule has 0 saturated carbocycles. The Labute approximate surface area is 163 Å². The molecule has 2 rings (SSSR count). The van der Waals surface area contributed by atoms with Gasteiger partial charge in [0.15, 0.2) is 0 Å². The molecule has 1 unspecified atom stereocenters. The first-order valence-corrected chi connectivity index (χ1v) is 10.1. The van der Waals surface area contributed by atoms with Gasteiger partial charge in [-0.3, -0.25) is 4.99 Å². The highest BCUT2D eigenvalue weighted by Gasteiger charge is 2.20. The number of rotatable bonds is 13. The summed E-state index contributed by atoms with van der Waals surface area (Å²) >= 11 is 0. The number of anilines is 1. The Hall–Kier alpha value is -2.08. The summed E-state index contributed by atoms with van der Waals surface area (Å²) in [5.41, 5.74) is 3.30. The molecule has 1 aromatic carbocycles. The molecule has 0 spiro atoms. The quantitative estimate of drug-likeness (QED) is 0.235. The number of fused-ring (bicyclic) bond motifs is 1. The Balaban J connectivity index is 1.53. The normalized spacial score (nSPS) is 16.5. The predicted octanol–water partition coefficient (Wildman–Crippen LogP) is 4.14. The lowest BCUT2D eigenvalue weighted by Crippen LogP contribution is -2.16. The number of hydrazone groups is 1. The maximum Gasteiger partial charge on any atom is 0.131 e. The summed E-state index contributed by atoms with van der Waals surface area (Å²) in [6.07, 6.45) is 10.4. The number of unbranched alkanes of at least 4 members (excludes halogenated alkanes) is 4. The minimum absolute atomic E-state index is 0.0803. The zero-order chi connectivity index (χ0) is 19.3. The Morgan fingerprint density at radius 1 is 1.26 bits per heavy atom. The summed E-state index contributed by atoms with van der Waals surface area (Å²) in [7, 11) is 1.73. The second-order valence-corrected chi connectivity index (χ2v) is 6.91. The zero-order valence-corrected chi connectivity index (χ0v) is 16.7. The van der Waals surface area contributed by atoms with Gasteiger partial charge >= 0.3 is 0 Å². The van der Waals surface area contributed by atoms with Crippen molar-refractivity contribution < 1.29 is 9.47 Å². The van der Waals surface area contributed by atoms with Crippen LogP contribution in [0, 0.1) is 0 Å². The molecule has 150 valence electrons. The number of nitrogens with two attached hydrogens (primary N) is 1. The van der Waals surface area contributed by atoms with Gasteiger partial charge in [0.05, 0.1) is 12.3 Å². The van der Waals surface area contributed by atoms with Gasteiger partial charge in [0.25, 0.3) is 0 Å². The van der Waals surface area contributed by atoms with Crippen LogP contribution in [0.4, 0.5) is 5.69 Å². The fraction of sp³-hybridized carbons (Fsp3) is 0.619. The number of hydrogen-bond donors (Lipinski definition) is 2. The molecule has 0 aromatic heterocycles. The number of hydrogen-bond acceptors (Lipinski definition) is 6. The lowest BCUT2D eigenvalue weighted by Gasteiger charge is -2.08. The maximum atomic E-state index is 5.88. The van der Waals surface area contributed by atoms with Crippen LogP contribution in [0.2, 0.25) is 0 Å². The van der Waals surface area contributed by atoms with Crippen LogP contribution in [0.5, 0.6) is 5.75 Å². The van der Waals surface area contributed by atoms with Crippen LogP contribution in [0.3, 0.4) is 0 Å². The van der Waals surface area contributed by atoms with Gasteiger partial charge in [0.2, 0.25) is 0 Å². The fourth-order valence-corrected chi connectivity index (χ4v) is 3.08. The van der Waals surface area contributed by atoms with Crippen molar-refractivity contribution in [1.82, 2.24) is 0 Å². The molecule has 0 aliphatic carbocycles. The Morgan fingerprint density at radius 2 is 2.11 bits per heavy atom. The number of aliphatic imine (C=N–C) groups is 1. The van der Waals surface area contributed by atoms with Gasteiger partial charge < -0.3 is 20.6 Å². The number of benzene rings is 1. The third kappa shape index (κ3) is 7.59. The van der Waals surface area contributed by atoms with Crippen molar-refractivity contribution in [3.8, 4) is 5.75 Å². The van der Waals surface area contributed by atoms with Crippen molar-refractivity contribution in [3.63, 3.8) is 0 Å². The summed E-state index contributed by atoms with van der Waals surface area (Å²) in [5.74, 6) is 6.32. The van der Waals surface area contributed by atoms with E-state index in [9.17, 15) is 0 Å². The zero-order valence-electron chi connectivity index (χ0n) is 16.7. The molecule has 1 atom stereocenters. The van der Waals surface area contributed by atoms with E-state index < -0.39 is 0 Å². The molecule has 3 N–H and O–H groups in total. The Kier molecular flexibility index (Phi) is 9.69. The third-order valence-electron chi connectivity index (χ3n) is 4.73. The van der Waals surface area contributed by atoms with Crippen LogP contribution >= 0.6 is 0 Å². The van der Waals surface area contributed by atoms with Crippen molar-refractivity contribution in [2.45, 2.75) is 64.5 Å². The summed E-state index contributed by atoms with van der Waals surface area (Å²) in [6.45, 7) is 3.75. The number of ether oxygens (including phenoxy) is 2. The molecule has 0 amide bonds. The van der Waals surface area contributed by atoms with Crippen LogP contribution in [-0.2, 0) is 11.2 Å². The first-order valence-electron chi connectivity index (χ1n) is 10.1. The molecule has 1 aliphatic rings. The van der Waals surface area contributed by atoms with Crippen molar-refractivity contribution in [1.29, 1.82) is 0 Å². The highest BCUT2D eigenvalue weighted by molar-refractivity contribution is 6.30. The molecule has 27 heavy (non-hydrogen) atoms. The number of nitrogens with zero attached hydrogens (tertiary/aromatic N) is 2. The molecule has 1 aromatic rings. The predicted molar refractivity (Wildman–Crippen MR) is 113 cm³/mol. The molecule has 1 aliphatic heterocycles. The lowest BCUT2D eigenvalue weighted by atomic mass is 10.1. The van der Waals surface area contributed by atoms with E-state index in [1.165, 1.54) is 5.56 Å². The first kappa shape index (κ1) is 21.2. The maximum absolute atomic E-state index is 5.88. The Bertz CT molecular complexity index is 616. The van der Waals surface area contributed by atoms with E-state index >= 15 is 0 Å². The van der Waals surface area contributed by atoms with Crippen LogP contribution < -0.4 is 15.9 Å². The highest BCUT2D eigenvalue weighted by Crippen LogP contribution is 2.29. The van der Waals surface area contributed by atoms with E-state index in [0.717, 1.165) is 81.7 Å². The minimum atomic E-state index is 0.0803. The largest absolute Gasteiger partial charge is 0.494 e. The molecular formula is C21H34N4O2. The van der Waals surface area contributed by atoms with Crippen molar-refractivity contribution >= 4 is 17.6 Å². The van der Waals surface area contributed by atoms with Gasteiger partial charge in [-0.2, -0.15) is 5.10 Å². The number of nitrogens with one attached hydrogen (secondary N) is 1. The van der Waals surface area contributed by atoms with Crippen molar-refractivity contribution in [2.24, 2.45) is 15.9 Å². The van der Waals surface area contributed by atoms with Crippen LogP contribution in [0.1, 0.15) is 57.4 Å². The van der Waals surface area contributed by atoms with E-state index in [1.54, 1.807) is 7.11 Å². The molecule has 0 radical (unpaired) electrons. The molecule has 0 saturated heterocycles. The smallest absolute Gasteiger partial charge is 0.131 e. The van der Waals surface area contributed by atoms with Gasteiger partial charge in [-0.15, -0.1) is 0 Å². The average molecular weight is 375 g/mol. The van der Waals surface area contributed by atoms with E-state index in [-0.39, 0.29) is 6.23 Å². The van der Waals surface area contributed by atoms with E-state index in [0.29, 0.717) is 0 Å². The van der Waals surface area contributed by atoms with Crippen molar-refractivity contribution in [3.05, 3.63) is 23.8 Å². The van der Waals surface area contributed by atoms with Gasteiger partial charge in [-0.05, 0) is 55.9 Å².